The molecule has 0 atom stereocenters. The van der Waals surface area contributed by atoms with Crippen LogP contribution in [0.1, 0.15) is 12.8 Å². The molecule has 1 amide bonds. The van der Waals surface area contributed by atoms with E-state index < -0.39 is 0 Å². The lowest BCUT2D eigenvalue weighted by atomic mass is 10.2. The molecule has 0 unspecified atom stereocenters. The molecule has 5 rings (SSSR count). The number of benzene rings is 1. The number of hydrogen-bond donors (Lipinski definition) is 0. The van der Waals surface area contributed by atoms with Crippen molar-refractivity contribution in [3.8, 4) is 0 Å². The smallest absolute Gasteiger partial charge is 0.225 e. The summed E-state index contributed by atoms with van der Waals surface area (Å²) in [5, 5.41) is 0. The lowest BCUT2D eigenvalue weighted by molar-refractivity contribution is -0.132. The Morgan fingerprint density at radius 1 is 0.958 bits per heavy atom. The van der Waals surface area contributed by atoms with E-state index in [0.717, 1.165) is 61.4 Å². The molecule has 0 spiro atoms. The van der Waals surface area contributed by atoms with Crippen LogP contribution in [0, 0.1) is 5.92 Å². The molecule has 2 fully saturated rings. The Hall–Kier alpha value is -2.56. The summed E-state index contributed by atoms with van der Waals surface area (Å²) in [6.45, 7) is 3.31. The largest absolute Gasteiger partial charge is 0.351 e. The van der Waals surface area contributed by atoms with E-state index in [1.165, 1.54) is 0 Å². The van der Waals surface area contributed by atoms with Crippen molar-refractivity contribution in [3.05, 3.63) is 42.6 Å². The van der Waals surface area contributed by atoms with Gasteiger partial charge in [-0.1, -0.05) is 12.1 Å². The van der Waals surface area contributed by atoms with E-state index in [-0.39, 0.29) is 0 Å². The first kappa shape index (κ1) is 13.8. The second-order valence-electron chi connectivity index (χ2n) is 6.77. The Bertz CT molecular complexity index is 919. The fraction of sp³-hybridized carbons (Fsp3) is 0.368. The number of carbonyl (C=O) groups is 1. The molecule has 0 N–H and O–H groups in total. The number of aromatic nitrogens is 2. The molecule has 0 bridgehead atoms. The highest BCUT2D eigenvalue weighted by atomic mass is 16.2. The van der Waals surface area contributed by atoms with E-state index in [0.29, 0.717) is 11.8 Å². The molecule has 0 radical (unpaired) electrons. The van der Waals surface area contributed by atoms with Gasteiger partial charge < -0.3 is 14.2 Å². The quantitative estimate of drug-likeness (QED) is 0.728. The summed E-state index contributed by atoms with van der Waals surface area (Å²) in [6, 6.07) is 12.4. The molecule has 3 aromatic rings. The van der Waals surface area contributed by atoms with Crippen LogP contribution in [0.25, 0.3) is 16.6 Å². The normalized spacial score (nSPS) is 18.5. The van der Waals surface area contributed by atoms with Gasteiger partial charge in [0.25, 0.3) is 0 Å². The van der Waals surface area contributed by atoms with Crippen molar-refractivity contribution < 1.29 is 4.79 Å². The maximum absolute atomic E-state index is 12.2. The van der Waals surface area contributed by atoms with Crippen molar-refractivity contribution in [2.75, 3.05) is 31.1 Å². The Morgan fingerprint density at radius 3 is 2.50 bits per heavy atom. The summed E-state index contributed by atoms with van der Waals surface area (Å²) in [4.78, 5) is 21.5. The van der Waals surface area contributed by atoms with Crippen LogP contribution in [0.4, 0.5) is 5.82 Å². The standard InChI is InChI=1S/C19H20N4O/c24-19(14-7-8-14)22-12-10-21(11-13-22)18-17-6-3-9-23(17)16-5-2-1-4-15(16)20-18/h1-6,9,14H,7-8,10-13H2. The van der Waals surface area contributed by atoms with Gasteiger partial charge in [-0.3, -0.25) is 4.79 Å². The number of carbonyl (C=O) groups excluding carboxylic acids is 1. The highest BCUT2D eigenvalue weighted by Crippen LogP contribution is 2.32. The van der Waals surface area contributed by atoms with Crippen molar-refractivity contribution in [2.45, 2.75) is 12.8 Å². The van der Waals surface area contributed by atoms with Crippen molar-refractivity contribution in [2.24, 2.45) is 5.92 Å². The van der Waals surface area contributed by atoms with Crippen molar-refractivity contribution in [1.82, 2.24) is 14.3 Å². The van der Waals surface area contributed by atoms with Crippen molar-refractivity contribution in [1.29, 1.82) is 0 Å². The lowest BCUT2D eigenvalue weighted by Crippen LogP contribution is -2.49. The summed E-state index contributed by atoms with van der Waals surface area (Å²) < 4.78 is 2.21. The molecule has 1 aliphatic carbocycles. The van der Waals surface area contributed by atoms with Gasteiger partial charge in [0.15, 0.2) is 5.82 Å². The van der Waals surface area contributed by atoms with Crippen LogP contribution < -0.4 is 4.90 Å². The third-order valence-corrected chi connectivity index (χ3v) is 5.16. The number of nitrogens with zero attached hydrogens (tertiary/aromatic N) is 4. The van der Waals surface area contributed by atoms with Gasteiger partial charge in [-0.15, -0.1) is 0 Å². The maximum atomic E-state index is 12.2. The van der Waals surface area contributed by atoms with Crippen LogP contribution in [0.2, 0.25) is 0 Å². The van der Waals surface area contributed by atoms with Gasteiger partial charge in [0.2, 0.25) is 5.91 Å². The molecule has 1 saturated carbocycles. The van der Waals surface area contributed by atoms with Crippen LogP contribution in [0.3, 0.4) is 0 Å². The molecular weight excluding hydrogens is 300 g/mol. The van der Waals surface area contributed by atoms with E-state index in [1.54, 1.807) is 0 Å². The van der Waals surface area contributed by atoms with Gasteiger partial charge in [-0.2, -0.15) is 0 Å². The fourth-order valence-corrected chi connectivity index (χ4v) is 3.67. The predicted molar refractivity (Wildman–Crippen MR) is 94.2 cm³/mol. The molecule has 5 heteroatoms. The van der Waals surface area contributed by atoms with Crippen LogP contribution in [0.15, 0.2) is 42.6 Å². The number of para-hydroxylation sites is 2. The van der Waals surface area contributed by atoms with Gasteiger partial charge >= 0.3 is 0 Å². The average Bonchev–Trinajstić information content (AvgIpc) is 3.37. The van der Waals surface area contributed by atoms with Gasteiger partial charge in [0.05, 0.1) is 16.6 Å². The first-order valence-corrected chi connectivity index (χ1v) is 8.71. The highest BCUT2D eigenvalue weighted by Gasteiger charge is 2.34. The third kappa shape index (κ3) is 2.15. The van der Waals surface area contributed by atoms with Crippen molar-refractivity contribution in [3.63, 3.8) is 0 Å². The SMILES string of the molecule is O=C(C1CC1)N1CCN(c2nc3ccccc3n3cccc23)CC1. The summed E-state index contributed by atoms with van der Waals surface area (Å²) in [6.07, 6.45) is 4.25. The van der Waals surface area contributed by atoms with Crippen LogP contribution in [0.5, 0.6) is 0 Å². The zero-order chi connectivity index (χ0) is 16.1. The highest BCUT2D eigenvalue weighted by molar-refractivity contribution is 5.85. The lowest BCUT2D eigenvalue weighted by Gasteiger charge is -2.36. The van der Waals surface area contributed by atoms with Gasteiger partial charge in [-0.25, -0.2) is 4.98 Å². The van der Waals surface area contributed by atoms with E-state index in [9.17, 15) is 4.79 Å². The Labute approximate surface area is 140 Å². The summed E-state index contributed by atoms with van der Waals surface area (Å²) in [5.41, 5.74) is 3.27. The number of piperazine rings is 1. The van der Waals surface area contributed by atoms with E-state index in [1.807, 2.05) is 17.0 Å². The topological polar surface area (TPSA) is 40.9 Å². The van der Waals surface area contributed by atoms with Crippen LogP contribution in [-0.4, -0.2) is 46.4 Å². The molecule has 2 aromatic heterocycles. The minimum atomic E-state index is 0.313. The fourth-order valence-electron chi connectivity index (χ4n) is 3.67. The second kappa shape index (κ2) is 5.23. The summed E-state index contributed by atoms with van der Waals surface area (Å²) in [5.74, 6) is 1.69. The minimum absolute atomic E-state index is 0.313. The molecule has 5 nitrogen and oxygen atoms in total. The van der Waals surface area contributed by atoms with Gasteiger partial charge in [0.1, 0.15) is 0 Å². The Balaban J connectivity index is 1.48. The summed E-state index contributed by atoms with van der Waals surface area (Å²) in [7, 11) is 0. The molecule has 3 heterocycles. The molecule has 122 valence electrons. The third-order valence-electron chi connectivity index (χ3n) is 5.16. The number of anilines is 1. The molecule has 24 heavy (non-hydrogen) atoms. The van der Waals surface area contributed by atoms with Crippen LogP contribution in [-0.2, 0) is 4.79 Å². The molecule has 1 saturated heterocycles. The monoisotopic (exact) mass is 320 g/mol. The van der Waals surface area contributed by atoms with Crippen LogP contribution >= 0.6 is 0 Å². The van der Waals surface area contributed by atoms with Gasteiger partial charge in [-0.05, 0) is 37.1 Å². The zero-order valence-corrected chi connectivity index (χ0v) is 13.6. The van der Waals surface area contributed by atoms with E-state index in [2.05, 4.69) is 39.8 Å². The number of hydrogen-bond acceptors (Lipinski definition) is 3. The molecular formula is C19H20N4O. The first-order chi connectivity index (χ1) is 11.8. The van der Waals surface area contributed by atoms with Gasteiger partial charge in [0, 0.05) is 38.3 Å². The second-order valence-corrected chi connectivity index (χ2v) is 6.77. The number of fused-ring (bicyclic) bond motifs is 3. The van der Waals surface area contributed by atoms with E-state index in [4.69, 9.17) is 4.98 Å². The molecule has 2 aliphatic rings. The Morgan fingerprint density at radius 2 is 1.71 bits per heavy atom. The molecule has 1 aromatic carbocycles. The predicted octanol–water partition coefficient (Wildman–Crippen LogP) is 2.55. The number of rotatable bonds is 2. The summed E-state index contributed by atoms with van der Waals surface area (Å²) >= 11 is 0. The van der Waals surface area contributed by atoms with Crippen molar-refractivity contribution >= 4 is 28.3 Å². The number of amides is 1. The average molecular weight is 320 g/mol. The minimum Gasteiger partial charge on any atom is -0.351 e. The Kier molecular flexibility index (Phi) is 3.01. The zero-order valence-electron chi connectivity index (χ0n) is 13.6. The molecule has 1 aliphatic heterocycles. The maximum Gasteiger partial charge on any atom is 0.225 e. The first-order valence-electron chi connectivity index (χ1n) is 8.71. The van der Waals surface area contributed by atoms with E-state index >= 15 is 0 Å².